The fraction of sp³-hybridized carbons (Fsp3) is 0.185. The zero-order chi connectivity index (χ0) is 25.3. The number of amides is 1. The van der Waals surface area contributed by atoms with Gasteiger partial charge in [-0.2, -0.15) is 0 Å². The van der Waals surface area contributed by atoms with Gasteiger partial charge in [-0.1, -0.05) is 38.1 Å². The van der Waals surface area contributed by atoms with E-state index in [0.717, 1.165) is 17.0 Å². The van der Waals surface area contributed by atoms with Crippen molar-refractivity contribution < 1.29 is 33.3 Å². The number of hydrogen-bond acceptors (Lipinski definition) is 5. The number of Topliss-reactive ketones (excluding diaryl/α,β-unsaturated/α-hetero) is 1. The zero-order valence-electron chi connectivity index (χ0n) is 19.0. The fourth-order valence-corrected chi connectivity index (χ4v) is 3.88. The van der Waals surface area contributed by atoms with Gasteiger partial charge in [0.05, 0.1) is 23.9 Å². The van der Waals surface area contributed by atoms with Gasteiger partial charge in [-0.15, -0.1) is 0 Å². The molecule has 1 heterocycles. The monoisotopic (exact) mass is 479 g/mol. The number of aliphatic hydroxyl groups excluding tert-OH is 1. The third kappa shape index (κ3) is 4.73. The Hall–Kier alpha value is -4.20. The molecule has 8 heteroatoms. The van der Waals surface area contributed by atoms with Crippen molar-refractivity contribution in [2.75, 3.05) is 11.5 Å². The van der Waals surface area contributed by atoms with E-state index in [1.165, 1.54) is 30.3 Å². The number of nitrogens with zero attached hydrogens (tertiary/aromatic N) is 1. The molecule has 1 amide bonds. The lowest BCUT2D eigenvalue weighted by molar-refractivity contribution is -0.132. The first kappa shape index (κ1) is 23.9. The average molecular weight is 479 g/mol. The van der Waals surface area contributed by atoms with Crippen LogP contribution in [0.15, 0.2) is 72.3 Å². The van der Waals surface area contributed by atoms with Gasteiger partial charge in [-0.3, -0.25) is 14.5 Å². The molecule has 180 valence electrons. The van der Waals surface area contributed by atoms with Gasteiger partial charge in [0, 0.05) is 11.6 Å². The van der Waals surface area contributed by atoms with E-state index in [-0.39, 0.29) is 28.5 Å². The van der Waals surface area contributed by atoms with Gasteiger partial charge in [-0.25, -0.2) is 8.78 Å². The van der Waals surface area contributed by atoms with E-state index in [9.17, 15) is 28.6 Å². The van der Waals surface area contributed by atoms with E-state index in [1.807, 2.05) is 13.8 Å². The number of phenolic OH excluding ortho intramolecular Hbond substituents is 1. The van der Waals surface area contributed by atoms with Crippen molar-refractivity contribution in [2.45, 2.75) is 19.9 Å². The van der Waals surface area contributed by atoms with Crippen LogP contribution in [-0.4, -0.2) is 28.5 Å². The number of carbonyl (C=O) groups is 2. The van der Waals surface area contributed by atoms with Crippen LogP contribution in [0.3, 0.4) is 0 Å². The number of rotatable bonds is 6. The molecule has 4 rings (SSSR count). The number of ketones is 1. The minimum absolute atomic E-state index is 0.0614. The summed E-state index contributed by atoms with van der Waals surface area (Å²) in [6, 6.07) is 13.4. The second-order valence-electron chi connectivity index (χ2n) is 8.59. The molecule has 2 N–H and O–H groups in total. The van der Waals surface area contributed by atoms with E-state index < -0.39 is 35.1 Å². The van der Waals surface area contributed by atoms with E-state index >= 15 is 0 Å². The summed E-state index contributed by atoms with van der Waals surface area (Å²) < 4.78 is 34.0. The van der Waals surface area contributed by atoms with Gasteiger partial charge >= 0.3 is 0 Å². The number of anilines is 1. The van der Waals surface area contributed by atoms with Crippen molar-refractivity contribution >= 4 is 23.1 Å². The van der Waals surface area contributed by atoms with Crippen LogP contribution in [0.2, 0.25) is 0 Å². The van der Waals surface area contributed by atoms with Crippen molar-refractivity contribution in [1.29, 1.82) is 0 Å². The molecule has 1 fully saturated rings. The van der Waals surface area contributed by atoms with Crippen LogP contribution in [0.25, 0.3) is 5.76 Å². The maximum absolute atomic E-state index is 14.7. The summed E-state index contributed by atoms with van der Waals surface area (Å²) in [6.45, 7) is 4.40. The molecule has 0 saturated carbocycles. The lowest BCUT2D eigenvalue weighted by atomic mass is 9.95. The quantitative estimate of drug-likeness (QED) is 0.283. The van der Waals surface area contributed by atoms with Crippen molar-refractivity contribution in [1.82, 2.24) is 0 Å². The van der Waals surface area contributed by atoms with E-state index in [4.69, 9.17) is 4.74 Å². The number of carbonyl (C=O) groups excluding carboxylic acids is 2. The summed E-state index contributed by atoms with van der Waals surface area (Å²) >= 11 is 0. The molecule has 3 aromatic carbocycles. The summed E-state index contributed by atoms with van der Waals surface area (Å²) in [4.78, 5) is 27.1. The Balaban J connectivity index is 1.88. The largest absolute Gasteiger partial charge is 0.508 e. The maximum Gasteiger partial charge on any atom is 0.300 e. The molecule has 0 radical (unpaired) electrons. The Morgan fingerprint density at radius 2 is 1.74 bits per heavy atom. The van der Waals surface area contributed by atoms with E-state index in [2.05, 4.69) is 0 Å². The van der Waals surface area contributed by atoms with E-state index in [1.54, 1.807) is 18.2 Å². The van der Waals surface area contributed by atoms with Gasteiger partial charge in [-0.05, 0) is 47.9 Å². The number of phenols is 1. The molecular weight excluding hydrogens is 456 g/mol. The lowest BCUT2D eigenvalue weighted by Gasteiger charge is -2.25. The highest BCUT2D eigenvalue weighted by molar-refractivity contribution is 6.51. The van der Waals surface area contributed by atoms with Crippen molar-refractivity contribution in [2.24, 2.45) is 5.92 Å². The Morgan fingerprint density at radius 3 is 2.40 bits per heavy atom. The van der Waals surface area contributed by atoms with Crippen LogP contribution in [0, 0.1) is 17.6 Å². The smallest absolute Gasteiger partial charge is 0.300 e. The molecule has 1 aliphatic heterocycles. The number of benzene rings is 3. The van der Waals surface area contributed by atoms with Gasteiger partial charge in [0.1, 0.15) is 28.9 Å². The molecule has 0 spiro atoms. The highest BCUT2D eigenvalue weighted by Crippen LogP contribution is 2.43. The second kappa shape index (κ2) is 9.58. The van der Waals surface area contributed by atoms with Crippen LogP contribution in [0.1, 0.15) is 31.0 Å². The van der Waals surface area contributed by atoms with Crippen molar-refractivity contribution in [3.8, 4) is 11.5 Å². The summed E-state index contributed by atoms with van der Waals surface area (Å²) in [6.07, 6.45) is 0. The third-order valence-corrected chi connectivity index (χ3v) is 5.51. The van der Waals surface area contributed by atoms with Crippen LogP contribution in [-0.2, 0) is 9.59 Å². The summed E-state index contributed by atoms with van der Waals surface area (Å²) in [7, 11) is 0. The van der Waals surface area contributed by atoms with Crippen molar-refractivity contribution in [3.63, 3.8) is 0 Å². The maximum atomic E-state index is 14.7. The van der Waals surface area contributed by atoms with Crippen LogP contribution in [0.4, 0.5) is 14.5 Å². The summed E-state index contributed by atoms with van der Waals surface area (Å²) in [5, 5.41) is 20.9. The molecule has 35 heavy (non-hydrogen) atoms. The predicted molar refractivity (Wildman–Crippen MR) is 126 cm³/mol. The normalized spacial score (nSPS) is 17.3. The Labute approximate surface area is 200 Å². The number of aromatic hydroxyl groups is 1. The van der Waals surface area contributed by atoms with Crippen LogP contribution < -0.4 is 9.64 Å². The highest BCUT2D eigenvalue weighted by Gasteiger charge is 2.47. The summed E-state index contributed by atoms with van der Waals surface area (Å²) in [5.41, 5.74) is -0.0304. The Bertz CT molecular complexity index is 1320. The van der Waals surface area contributed by atoms with Gasteiger partial charge in [0.2, 0.25) is 0 Å². The van der Waals surface area contributed by atoms with Gasteiger partial charge in [0.25, 0.3) is 11.7 Å². The Kier molecular flexibility index (Phi) is 6.55. The molecular formula is C27H23F2NO5. The lowest BCUT2D eigenvalue weighted by Crippen LogP contribution is -2.30. The zero-order valence-corrected chi connectivity index (χ0v) is 19.0. The molecule has 0 aliphatic carbocycles. The molecule has 1 unspecified atom stereocenters. The van der Waals surface area contributed by atoms with Crippen LogP contribution >= 0.6 is 0 Å². The van der Waals surface area contributed by atoms with Crippen molar-refractivity contribution in [3.05, 3.63) is 95.1 Å². The minimum atomic E-state index is -1.23. The number of halogens is 2. The molecule has 1 atom stereocenters. The first-order chi connectivity index (χ1) is 16.7. The predicted octanol–water partition coefficient (Wildman–Crippen LogP) is 5.33. The van der Waals surface area contributed by atoms with Crippen LogP contribution in [0.5, 0.6) is 11.5 Å². The fourth-order valence-electron chi connectivity index (χ4n) is 3.88. The first-order valence-electron chi connectivity index (χ1n) is 11.0. The molecule has 0 bridgehead atoms. The molecule has 1 saturated heterocycles. The SMILES string of the molecule is CC(C)COc1cccc(/C(O)=C2\C(=O)C(=O)N(c3ccc(F)cc3F)C2c2ccc(O)cc2)c1. The standard InChI is InChI=1S/C27H23F2NO5/c1-15(2)14-35-20-5-3-4-17(12-20)25(32)23-24(16-6-9-19(31)10-7-16)30(27(34)26(23)33)22-11-8-18(28)13-21(22)29/h3-13,15,24,31-32H,14H2,1-2H3/b25-23+. The minimum Gasteiger partial charge on any atom is -0.508 e. The molecule has 0 aromatic heterocycles. The Morgan fingerprint density at radius 1 is 1.03 bits per heavy atom. The number of ether oxygens (including phenoxy) is 1. The topological polar surface area (TPSA) is 87.1 Å². The number of hydrogen-bond donors (Lipinski definition) is 2. The van der Waals surface area contributed by atoms with E-state index in [0.29, 0.717) is 24.0 Å². The van der Waals surface area contributed by atoms with Gasteiger partial charge in [0.15, 0.2) is 0 Å². The first-order valence-corrected chi connectivity index (χ1v) is 11.0. The second-order valence-corrected chi connectivity index (χ2v) is 8.59. The van der Waals surface area contributed by atoms with Gasteiger partial charge < -0.3 is 14.9 Å². The highest BCUT2D eigenvalue weighted by atomic mass is 19.1. The number of aliphatic hydroxyl groups is 1. The molecule has 3 aromatic rings. The molecule has 1 aliphatic rings. The molecule has 6 nitrogen and oxygen atoms in total. The summed E-state index contributed by atoms with van der Waals surface area (Å²) in [5.74, 6) is -3.81. The average Bonchev–Trinajstić information content (AvgIpc) is 3.08. The third-order valence-electron chi connectivity index (χ3n) is 5.51.